The number of rotatable bonds is 4. The van der Waals surface area contributed by atoms with E-state index in [1.807, 2.05) is 26.8 Å². The Bertz CT molecular complexity index is 555. The third-order valence-electron chi connectivity index (χ3n) is 3.98. The average molecular weight is 340 g/mol. The van der Waals surface area contributed by atoms with Gasteiger partial charge in [0.25, 0.3) is 0 Å². The molecule has 0 aliphatic carbocycles. The number of nitrogens with zero attached hydrogens (tertiary/aromatic N) is 1. The van der Waals surface area contributed by atoms with E-state index >= 15 is 0 Å². The highest BCUT2D eigenvalue weighted by molar-refractivity contribution is 6.31. The van der Waals surface area contributed by atoms with Crippen LogP contribution in [0.5, 0.6) is 0 Å². The van der Waals surface area contributed by atoms with Crippen LogP contribution >= 0.6 is 11.6 Å². The Kier molecular flexibility index (Phi) is 5.99. The SMILES string of the molecule is Cc1cc(NC2CCN(C(=O)OCC(C)C)CC2)c(N)cc1Cl. The Balaban J connectivity index is 1.85. The zero-order valence-electron chi connectivity index (χ0n) is 14.1. The number of amides is 1. The number of nitrogens with two attached hydrogens (primary N) is 1. The molecular formula is C17H26ClN3O2. The number of nitrogen functional groups attached to an aromatic ring is 1. The van der Waals surface area contributed by atoms with E-state index in [1.165, 1.54) is 0 Å². The maximum absolute atomic E-state index is 12.0. The molecule has 0 aromatic heterocycles. The summed E-state index contributed by atoms with van der Waals surface area (Å²) in [5.74, 6) is 0.356. The largest absolute Gasteiger partial charge is 0.449 e. The summed E-state index contributed by atoms with van der Waals surface area (Å²) in [7, 11) is 0. The van der Waals surface area contributed by atoms with Crippen LogP contribution < -0.4 is 11.1 Å². The molecule has 2 rings (SSSR count). The Morgan fingerprint density at radius 2 is 2.09 bits per heavy atom. The number of ether oxygens (including phenoxy) is 1. The molecule has 0 radical (unpaired) electrons. The monoisotopic (exact) mass is 339 g/mol. The molecule has 1 aromatic rings. The lowest BCUT2D eigenvalue weighted by atomic mass is 10.0. The minimum Gasteiger partial charge on any atom is -0.449 e. The van der Waals surface area contributed by atoms with Crippen LogP contribution in [-0.2, 0) is 4.74 Å². The van der Waals surface area contributed by atoms with Gasteiger partial charge in [0.15, 0.2) is 0 Å². The van der Waals surface area contributed by atoms with Crippen molar-refractivity contribution < 1.29 is 9.53 Å². The van der Waals surface area contributed by atoms with Crippen LogP contribution in [-0.4, -0.2) is 36.7 Å². The number of likely N-dealkylation sites (tertiary alicyclic amines) is 1. The minimum absolute atomic E-state index is 0.209. The first-order valence-corrected chi connectivity index (χ1v) is 8.48. The molecule has 128 valence electrons. The molecule has 0 spiro atoms. The van der Waals surface area contributed by atoms with Crippen molar-refractivity contribution in [1.29, 1.82) is 0 Å². The van der Waals surface area contributed by atoms with Gasteiger partial charge in [0.1, 0.15) is 0 Å². The van der Waals surface area contributed by atoms with Crippen molar-refractivity contribution in [3.8, 4) is 0 Å². The number of hydrogen-bond donors (Lipinski definition) is 2. The number of benzene rings is 1. The van der Waals surface area contributed by atoms with Crippen LogP contribution in [0.4, 0.5) is 16.2 Å². The molecule has 1 heterocycles. The number of carbonyl (C=O) groups is 1. The van der Waals surface area contributed by atoms with Crippen molar-refractivity contribution in [2.75, 3.05) is 30.7 Å². The first-order valence-electron chi connectivity index (χ1n) is 8.10. The summed E-state index contributed by atoms with van der Waals surface area (Å²) in [4.78, 5) is 13.7. The van der Waals surface area contributed by atoms with Gasteiger partial charge in [0.05, 0.1) is 18.0 Å². The van der Waals surface area contributed by atoms with Gasteiger partial charge in [-0.2, -0.15) is 0 Å². The maximum atomic E-state index is 12.0. The highest BCUT2D eigenvalue weighted by Crippen LogP contribution is 2.28. The highest BCUT2D eigenvalue weighted by atomic mass is 35.5. The predicted octanol–water partition coefficient (Wildman–Crippen LogP) is 3.90. The van der Waals surface area contributed by atoms with E-state index in [0.29, 0.717) is 42.4 Å². The summed E-state index contributed by atoms with van der Waals surface area (Å²) < 4.78 is 5.28. The van der Waals surface area contributed by atoms with Crippen molar-refractivity contribution in [3.63, 3.8) is 0 Å². The Morgan fingerprint density at radius 3 is 2.70 bits per heavy atom. The lowest BCUT2D eigenvalue weighted by Crippen LogP contribution is -2.43. The third-order valence-corrected chi connectivity index (χ3v) is 4.39. The molecule has 0 atom stereocenters. The van der Waals surface area contributed by atoms with E-state index in [0.717, 1.165) is 24.1 Å². The zero-order valence-corrected chi connectivity index (χ0v) is 14.8. The van der Waals surface area contributed by atoms with Gasteiger partial charge >= 0.3 is 6.09 Å². The van der Waals surface area contributed by atoms with Gasteiger partial charge in [-0.15, -0.1) is 0 Å². The van der Waals surface area contributed by atoms with Crippen molar-refractivity contribution in [2.45, 2.75) is 39.7 Å². The summed E-state index contributed by atoms with van der Waals surface area (Å²) in [6, 6.07) is 4.05. The van der Waals surface area contributed by atoms with E-state index in [9.17, 15) is 4.79 Å². The topological polar surface area (TPSA) is 67.6 Å². The number of halogens is 1. The maximum Gasteiger partial charge on any atom is 0.409 e. The van der Waals surface area contributed by atoms with E-state index < -0.39 is 0 Å². The second kappa shape index (κ2) is 7.77. The number of carbonyl (C=O) groups excluding carboxylic acids is 1. The first-order chi connectivity index (χ1) is 10.9. The molecule has 1 saturated heterocycles. The number of nitrogens with one attached hydrogen (secondary N) is 1. The molecule has 23 heavy (non-hydrogen) atoms. The van der Waals surface area contributed by atoms with Crippen LogP contribution in [0.3, 0.4) is 0 Å². The fourth-order valence-corrected chi connectivity index (χ4v) is 2.75. The summed E-state index contributed by atoms with van der Waals surface area (Å²) in [6.07, 6.45) is 1.54. The smallest absolute Gasteiger partial charge is 0.409 e. The molecule has 3 N–H and O–H groups in total. The van der Waals surface area contributed by atoms with Gasteiger partial charge in [0.2, 0.25) is 0 Å². The molecule has 0 saturated carbocycles. The van der Waals surface area contributed by atoms with E-state index in [1.54, 1.807) is 11.0 Å². The normalized spacial score (nSPS) is 15.8. The van der Waals surface area contributed by atoms with Gasteiger partial charge in [-0.1, -0.05) is 25.4 Å². The van der Waals surface area contributed by atoms with Crippen molar-refractivity contribution in [2.24, 2.45) is 5.92 Å². The second-order valence-electron chi connectivity index (χ2n) is 6.57. The number of aryl methyl sites for hydroxylation is 1. The van der Waals surface area contributed by atoms with Crippen LogP contribution in [0.15, 0.2) is 12.1 Å². The summed E-state index contributed by atoms with van der Waals surface area (Å²) in [5.41, 5.74) is 8.58. The molecule has 1 amide bonds. The predicted molar refractivity (Wildman–Crippen MR) is 95.0 cm³/mol. The molecule has 1 aliphatic rings. The molecule has 1 aliphatic heterocycles. The van der Waals surface area contributed by atoms with E-state index in [4.69, 9.17) is 22.1 Å². The van der Waals surface area contributed by atoms with Crippen LogP contribution in [0.2, 0.25) is 5.02 Å². The number of hydrogen-bond acceptors (Lipinski definition) is 4. The third kappa shape index (κ3) is 4.93. The highest BCUT2D eigenvalue weighted by Gasteiger charge is 2.24. The molecule has 0 bridgehead atoms. The fraction of sp³-hybridized carbons (Fsp3) is 0.588. The van der Waals surface area contributed by atoms with Crippen LogP contribution in [0.25, 0.3) is 0 Å². The Hall–Kier alpha value is -1.62. The molecule has 6 heteroatoms. The van der Waals surface area contributed by atoms with E-state index in [-0.39, 0.29) is 6.09 Å². The van der Waals surface area contributed by atoms with Gasteiger partial charge in [-0.05, 0) is 43.4 Å². The second-order valence-corrected chi connectivity index (χ2v) is 6.97. The fourth-order valence-electron chi connectivity index (χ4n) is 2.58. The lowest BCUT2D eigenvalue weighted by Gasteiger charge is -2.32. The standard InChI is InChI=1S/C17H26ClN3O2/c1-11(2)10-23-17(22)21-6-4-13(5-7-21)20-16-8-12(3)14(18)9-15(16)19/h8-9,11,13,20H,4-7,10,19H2,1-3H3. The van der Waals surface area contributed by atoms with E-state index in [2.05, 4.69) is 5.32 Å². The van der Waals surface area contributed by atoms with Crippen LogP contribution in [0, 0.1) is 12.8 Å². The summed E-state index contributed by atoms with van der Waals surface area (Å²) >= 11 is 6.07. The molecule has 0 unspecified atom stereocenters. The van der Waals surface area contributed by atoms with Crippen LogP contribution in [0.1, 0.15) is 32.3 Å². The van der Waals surface area contributed by atoms with Crippen molar-refractivity contribution in [1.82, 2.24) is 4.90 Å². The number of anilines is 2. The summed E-state index contributed by atoms with van der Waals surface area (Å²) in [5, 5.41) is 4.14. The summed E-state index contributed by atoms with van der Waals surface area (Å²) in [6.45, 7) is 7.88. The quantitative estimate of drug-likeness (QED) is 0.816. The Morgan fingerprint density at radius 1 is 1.43 bits per heavy atom. The van der Waals surface area contributed by atoms with Gasteiger partial charge in [-0.3, -0.25) is 0 Å². The van der Waals surface area contributed by atoms with Gasteiger partial charge in [-0.25, -0.2) is 4.79 Å². The Labute approximate surface area is 143 Å². The lowest BCUT2D eigenvalue weighted by molar-refractivity contribution is 0.0845. The zero-order chi connectivity index (χ0) is 17.0. The molecule has 5 nitrogen and oxygen atoms in total. The molecule has 1 aromatic carbocycles. The average Bonchev–Trinajstić information content (AvgIpc) is 2.51. The minimum atomic E-state index is -0.209. The van der Waals surface area contributed by atoms with Gasteiger partial charge < -0.3 is 20.7 Å². The number of piperidine rings is 1. The van der Waals surface area contributed by atoms with Crippen molar-refractivity contribution >= 4 is 29.1 Å². The first kappa shape index (κ1) is 17.7. The van der Waals surface area contributed by atoms with Gasteiger partial charge in [0, 0.05) is 24.2 Å². The van der Waals surface area contributed by atoms with Crippen molar-refractivity contribution in [3.05, 3.63) is 22.7 Å². The molecular weight excluding hydrogens is 314 g/mol. The molecule has 1 fully saturated rings.